The van der Waals surface area contributed by atoms with Crippen molar-refractivity contribution >= 4 is 13.6 Å². The smallest absolute Gasteiger partial charge is 0.790 e. The van der Waals surface area contributed by atoms with E-state index in [9.17, 15) is 19.1 Å². The van der Waals surface area contributed by atoms with E-state index in [0.29, 0.717) is 0 Å². The van der Waals surface area contributed by atoms with E-state index < -0.39 is 45.1 Å². The van der Waals surface area contributed by atoms with Gasteiger partial charge in [0.05, 0.1) is 14.4 Å². The molecular weight excluding hydrogens is 332 g/mol. The van der Waals surface area contributed by atoms with Crippen molar-refractivity contribution in [2.45, 2.75) is 18.3 Å². The van der Waals surface area contributed by atoms with Crippen molar-refractivity contribution in [1.82, 2.24) is 0 Å². The van der Waals surface area contributed by atoms with Crippen LogP contribution in [-0.4, -0.2) is 63.2 Å². The summed E-state index contributed by atoms with van der Waals surface area (Å²) in [5.74, 6) is -1.17. The van der Waals surface area contributed by atoms with Crippen LogP contribution in [0.5, 0.6) is 0 Å². The predicted octanol–water partition coefficient (Wildman–Crippen LogP) is -14.3. The van der Waals surface area contributed by atoms with Crippen LogP contribution in [0, 0.1) is 0 Å². The molecule has 0 bridgehead atoms. The van der Waals surface area contributed by atoms with Crippen LogP contribution >= 0.6 is 7.82 Å². The van der Waals surface area contributed by atoms with Crippen molar-refractivity contribution in [3.63, 3.8) is 0 Å². The van der Waals surface area contributed by atoms with Gasteiger partial charge >= 0.3 is 88.7 Å². The first kappa shape index (κ1) is 34.0. The van der Waals surface area contributed by atoms with Gasteiger partial charge in [0.15, 0.2) is 5.78 Å². The monoisotopic (exact) mass is 345 g/mol. The summed E-state index contributed by atoms with van der Waals surface area (Å²) in [5, 5.41) is 35.4. The zero-order chi connectivity index (χ0) is 12.9. The average Bonchev–Trinajstić information content (AvgIpc) is 2.21. The Labute approximate surface area is 181 Å². The van der Waals surface area contributed by atoms with Gasteiger partial charge in [0.1, 0.15) is 24.9 Å². The van der Waals surface area contributed by atoms with Gasteiger partial charge in [-0.15, -0.1) is 0 Å². The maximum atomic E-state index is 10.7. The summed E-state index contributed by atoms with van der Waals surface area (Å²) in [4.78, 5) is 30.7. The fraction of sp³-hybridized carbons (Fsp3) is 0.833. The van der Waals surface area contributed by atoms with Crippen molar-refractivity contribution in [2.75, 3.05) is 13.2 Å². The first-order chi connectivity index (χ1) is 7.19. The largest absolute Gasteiger partial charge is 1.00 e. The Kier molecular flexibility index (Phi) is 28.0. The van der Waals surface area contributed by atoms with Crippen molar-refractivity contribution in [3.8, 4) is 0 Å². The molecule has 0 aromatic rings. The van der Waals surface area contributed by atoms with E-state index in [1.54, 1.807) is 0 Å². The van der Waals surface area contributed by atoms with Crippen LogP contribution in [-0.2, 0) is 13.9 Å². The van der Waals surface area contributed by atoms with Gasteiger partial charge in [0.2, 0.25) is 0 Å². The Balaban J connectivity index is -0.000000187. The Bertz CT molecular complexity index is 286. The van der Waals surface area contributed by atoms with E-state index in [0.717, 1.165) is 0 Å². The van der Waals surface area contributed by atoms with Crippen molar-refractivity contribution in [3.05, 3.63) is 0 Å². The molecule has 0 saturated heterocycles. The summed E-state index contributed by atoms with van der Waals surface area (Å²) in [6.07, 6.45) is -6.12. The summed E-state index contributed by atoms with van der Waals surface area (Å²) in [6.45, 7) is -2.16. The maximum Gasteiger partial charge on any atom is 1.00 e. The van der Waals surface area contributed by atoms with Gasteiger partial charge < -0.3 is 44.8 Å². The number of carbonyl (C=O) groups is 1. The van der Waals surface area contributed by atoms with Gasteiger partial charge in [0, 0.05) is 0 Å². The van der Waals surface area contributed by atoms with E-state index >= 15 is 0 Å². The van der Waals surface area contributed by atoms with E-state index in [2.05, 4.69) is 4.52 Å². The Hall–Kier alpha value is 2.58. The van der Waals surface area contributed by atoms with Crippen LogP contribution in [0.4, 0.5) is 0 Å². The molecule has 0 aromatic carbocycles. The second-order valence-corrected chi connectivity index (χ2v) is 4.02. The van der Waals surface area contributed by atoms with Crippen molar-refractivity contribution in [2.24, 2.45) is 0 Å². The van der Waals surface area contributed by atoms with Gasteiger partial charge in [-0.05, 0) is 0 Å². The van der Waals surface area contributed by atoms with E-state index in [4.69, 9.17) is 20.4 Å². The minimum atomic E-state index is -5.31. The molecule has 14 heteroatoms. The van der Waals surface area contributed by atoms with Gasteiger partial charge in [-0.25, -0.2) is 0 Å². The molecule has 0 heterocycles. The molecule has 0 aromatic heterocycles. The molecule has 0 saturated carbocycles. The molecular formula is C6H13Na3O10P+. The molecule has 20 heavy (non-hydrogen) atoms. The topological polar surface area (TPSA) is 202 Å². The first-order valence-electron chi connectivity index (χ1n) is 4.03. The number of phosphoric ester groups is 1. The molecule has 10 nitrogen and oxygen atoms in total. The van der Waals surface area contributed by atoms with E-state index in [1.807, 2.05) is 0 Å². The Morgan fingerprint density at radius 1 is 1.15 bits per heavy atom. The number of Topliss-reactive ketones (excluding diaryl/α,β-unsaturated/α-hetero) is 1. The maximum absolute atomic E-state index is 10.7. The van der Waals surface area contributed by atoms with Crippen molar-refractivity contribution < 1.29 is 138 Å². The fourth-order valence-corrected chi connectivity index (χ4v) is 1.10. The second-order valence-electron chi connectivity index (χ2n) is 2.87. The second kappa shape index (κ2) is 16.4. The van der Waals surface area contributed by atoms with Crippen LogP contribution in [0.3, 0.4) is 0 Å². The van der Waals surface area contributed by atoms with E-state index in [-0.39, 0.29) is 94.1 Å². The molecule has 104 valence electrons. The fourth-order valence-electron chi connectivity index (χ4n) is 0.761. The van der Waals surface area contributed by atoms with Crippen LogP contribution in [0.2, 0.25) is 0 Å². The Morgan fingerprint density at radius 3 is 1.85 bits per heavy atom. The first-order valence-corrected chi connectivity index (χ1v) is 5.49. The molecule has 0 spiro atoms. The summed E-state index contributed by atoms with van der Waals surface area (Å²) in [6, 6.07) is 0. The third-order valence-electron chi connectivity index (χ3n) is 1.61. The zero-order valence-corrected chi connectivity index (χ0v) is 18.3. The minimum absolute atomic E-state index is 0. The van der Waals surface area contributed by atoms with Crippen LogP contribution in [0.25, 0.3) is 0 Å². The molecule has 0 rings (SSSR count). The number of hydrogen-bond donors (Lipinski definition) is 4. The summed E-state index contributed by atoms with van der Waals surface area (Å²) in [5.41, 5.74) is 0. The third kappa shape index (κ3) is 15.5. The number of aliphatic hydroxyl groups excluding tert-OH is 4. The minimum Gasteiger partial charge on any atom is -0.790 e. The van der Waals surface area contributed by atoms with Gasteiger partial charge in [-0.1, -0.05) is 0 Å². The Morgan fingerprint density at radius 2 is 1.55 bits per heavy atom. The van der Waals surface area contributed by atoms with Crippen LogP contribution in [0.1, 0.15) is 0 Å². The normalized spacial score (nSPS) is 14.3. The molecule has 0 radical (unpaired) electrons. The van der Waals surface area contributed by atoms with Gasteiger partial charge in [0.25, 0.3) is 0 Å². The number of hydrogen-bond acceptors (Lipinski definition) is 9. The molecule has 3 atom stereocenters. The number of carbonyl (C=O) groups excluding carboxylic acids is 1. The number of phosphoric acid groups is 1. The molecule has 6 N–H and O–H groups in total. The summed E-state index contributed by atoms with van der Waals surface area (Å²) < 4.78 is 13.6. The predicted molar refractivity (Wildman–Crippen MR) is 47.3 cm³/mol. The average molecular weight is 345 g/mol. The quantitative estimate of drug-likeness (QED) is 0.255. The van der Waals surface area contributed by atoms with Crippen LogP contribution in [0.15, 0.2) is 0 Å². The molecule has 0 aliphatic rings. The third-order valence-corrected chi connectivity index (χ3v) is 2.07. The van der Waals surface area contributed by atoms with Crippen LogP contribution < -0.4 is 98.5 Å². The standard InChI is InChI=1S/C6H13O9P.3Na.H2O/c7-1-3(8)5(10)6(11)4(9)2-15-16(12,13)14;;;;/h4-7,9-11H,1-2H2,(H2,12,13,14);;;;1H2/q;3*+1;/p-2/t4-,5-,6-;;;;/m1..../s1. The SMILES string of the molecule is O.O=C(CO)[C@@H](O)[C@H](O)[C@H](O)COP(=O)([O-])[O-].[Na+].[Na+].[Na+]. The number of rotatable bonds is 7. The molecule has 0 unspecified atom stereocenters. The molecule has 0 fully saturated rings. The molecule has 0 aliphatic heterocycles. The molecule has 0 aliphatic carbocycles. The van der Waals surface area contributed by atoms with E-state index in [1.165, 1.54) is 0 Å². The number of aliphatic hydroxyl groups is 4. The van der Waals surface area contributed by atoms with Crippen molar-refractivity contribution in [1.29, 1.82) is 0 Å². The van der Waals surface area contributed by atoms with Gasteiger partial charge in [-0.2, -0.15) is 0 Å². The summed E-state index contributed by atoms with van der Waals surface area (Å²) in [7, 11) is -5.31. The number of ketones is 1. The molecule has 0 amide bonds. The summed E-state index contributed by atoms with van der Waals surface area (Å²) >= 11 is 0. The zero-order valence-electron chi connectivity index (χ0n) is 11.4. The van der Waals surface area contributed by atoms with Gasteiger partial charge in [-0.3, -0.25) is 4.79 Å².